The van der Waals surface area contributed by atoms with E-state index < -0.39 is 5.82 Å². The third-order valence-corrected chi connectivity index (χ3v) is 5.23. The minimum absolute atomic E-state index is 0.226. The number of anilines is 1. The molecule has 2 atom stereocenters. The SMILES string of the molecule is N#Cc1cc(F)cnc1N1CCN2[C@@H](CCC[C@@H]2C#Cc2ccccn2)C1. The number of nitriles is 1. The molecule has 4 heterocycles. The summed E-state index contributed by atoms with van der Waals surface area (Å²) >= 11 is 0. The van der Waals surface area contributed by atoms with Gasteiger partial charge in [0.2, 0.25) is 0 Å². The van der Waals surface area contributed by atoms with Crippen LogP contribution < -0.4 is 4.90 Å². The molecule has 0 N–H and O–H groups in total. The third kappa shape index (κ3) is 3.77. The van der Waals surface area contributed by atoms with Crippen LogP contribution in [0.2, 0.25) is 0 Å². The highest BCUT2D eigenvalue weighted by Crippen LogP contribution is 2.29. The van der Waals surface area contributed by atoms with Crippen molar-refractivity contribution in [1.29, 1.82) is 5.26 Å². The van der Waals surface area contributed by atoms with Gasteiger partial charge in [-0.2, -0.15) is 5.26 Å². The first-order chi connectivity index (χ1) is 13.2. The van der Waals surface area contributed by atoms with E-state index in [0.717, 1.165) is 44.6 Å². The number of hydrogen-bond donors (Lipinski definition) is 0. The molecular weight excluding hydrogens is 341 g/mol. The van der Waals surface area contributed by atoms with Gasteiger partial charge in [0.25, 0.3) is 0 Å². The topological polar surface area (TPSA) is 56.1 Å². The number of aromatic nitrogens is 2. The summed E-state index contributed by atoms with van der Waals surface area (Å²) in [5.74, 6) is 6.71. The number of rotatable bonds is 1. The molecule has 4 rings (SSSR count). The van der Waals surface area contributed by atoms with Crippen LogP contribution in [0.15, 0.2) is 36.7 Å². The average Bonchev–Trinajstić information content (AvgIpc) is 2.72. The second-order valence-corrected chi connectivity index (χ2v) is 6.91. The second kappa shape index (κ2) is 7.73. The third-order valence-electron chi connectivity index (χ3n) is 5.23. The molecule has 0 bridgehead atoms. The number of pyridine rings is 2. The van der Waals surface area contributed by atoms with Gasteiger partial charge in [-0.1, -0.05) is 12.0 Å². The van der Waals surface area contributed by atoms with Crippen molar-refractivity contribution in [3.05, 3.63) is 53.7 Å². The molecule has 2 saturated heterocycles. The lowest BCUT2D eigenvalue weighted by Crippen LogP contribution is -2.58. The number of nitrogens with zero attached hydrogens (tertiary/aromatic N) is 5. The quantitative estimate of drug-likeness (QED) is 0.731. The standard InChI is InChI=1S/C21H20FN5/c22-17-12-16(13-23)21(25-14-17)26-10-11-27-19(5-3-6-20(27)15-26)8-7-18-4-1-2-9-24-18/h1-2,4,9,12,14,19-20H,3,5-6,10-11,15H2/t19-,20+/m1/s1. The summed E-state index contributed by atoms with van der Waals surface area (Å²) in [4.78, 5) is 13.0. The van der Waals surface area contributed by atoms with Crippen LogP contribution in [0.1, 0.15) is 30.5 Å². The molecular formula is C21H20FN5. The first-order valence-electron chi connectivity index (χ1n) is 9.23. The van der Waals surface area contributed by atoms with Crippen LogP contribution in [0.3, 0.4) is 0 Å². The van der Waals surface area contributed by atoms with Gasteiger partial charge in [0.15, 0.2) is 0 Å². The smallest absolute Gasteiger partial charge is 0.146 e. The second-order valence-electron chi connectivity index (χ2n) is 6.91. The van der Waals surface area contributed by atoms with Gasteiger partial charge in [0.05, 0.1) is 17.8 Å². The van der Waals surface area contributed by atoms with E-state index in [2.05, 4.69) is 37.7 Å². The number of piperazine rings is 1. The molecule has 0 saturated carbocycles. The molecule has 0 spiro atoms. The van der Waals surface area contributed by atoms with Gasteiger partial charge in [0, 0.05) is 31.9 Å². The van der Waals surface area contributed by atoms with E-state index in [0.29, 0.717) is 17.4 Å². The Hall–Kier alpha value is -2.96. The zero-order valence-corrected chi connectivity index (χ0v) is 15.0. The Morgan fingerprint density at radius 3 is 2.93 bits per heavy atom. The van der Waals surface area contributed by atoms with Crippen molar-refractivity contribution >= 4 is 5.82 Å². The maximum atomic E-state index is 13.4. The molecule has 0 unspecified atom stereocenters. The van der Waals surface area contributed by atoms with E-state index in [1.807, 2.05) is 18.2 Å². The monoisotopic (exact) mass is 361 g/mol. The molecule has 27 heavy (non-hydrogen) atoms. The molecule has 0 radical (unpaired) electrons. The van der Waals surface area contributed by atoms with Crippen molar-refractivity contribution in [2.45, 2.75) is 31.3 Å². The zero-order chi connectivity index (χ0) is 18.6. The average molecular weight is 361 g/mol. The predicted octanol–water partition coefficient (Wildman–Crippen LogP) is 2.58. The summed E-state index contributed by atoms with van der Waals surface area (Å²) < 4.78 is 13.4. The number of hydrogen-bond acceptors (Lipinski definition) is 5. The summed E-state index contributed by atoms with van der Waals surface area (Å²) in [6, 6.07) is 9.68. The maximum absolute atomic E-state index is 13.4. The van der Waals surface area contributed by atoms with Gasteiger partial charge in [-0.25, -0.2) is 14.4 Å². The van der Waals surface area contributed by atoms with Crippen LogP contribution in [0.5, 0.6) is 0 Å². The lowest BCUT2D eigenvalue weighted by atomic mass is 9.93. The van der Waals surface area contributed by atoms with Crippen molar-refractivity contribution in [1.82, 2.24) is 14.9 Å². The van der Waals surface area contributed by atoms with Crippen molar-refractivity contribution in [3.63, 3.8) is 0 Å². The highest BCUT2D eigenvalue weighted by Gasteiger charge is 2.35. The van der Waals surface area contributed by atoms with Gasteiger partial charge in [0.1, 0.15) is 23.4 Å². The Labute approximate surface area is 158 Å². The first kappa shape index (κ1) is 17.5. The molecule has 2 aromatic heterocycles. The zero-order valence-electron chi connectivity index (χ0n) is 15.0. The number of fused-ring (bicyclic) bond motifs is 1. The summed E-state index contributed by atoms with van der Waals surface area (Å²) in [5, 5.41) is 9.31. The molecule has 2 aliphatic rings. The summed E-state index contributed by atoms with van der Waals surface area (Å²) in [7, 11) is 0. The van der Waals surface area contributed by atoms with E-state index in [9.17, 15) is 9.65 Å². The van der Waals surface area contributed by atoms with Crippen LogP contribution in [-0.2, 0) is 0 Å². The van der Waals surface area contributed by atoms with Crippen LogP contribution in [0.4, 0.5) is 10.2 Å². The van der Waals surface area contributed by atoms with Gasteiger partial charge < -0.3 is 4.90 Å². The van der Waals surface area contributed by atoms with Crippen molar-refractivity contribution < 1.29 is 4.39 Å². The lowest BCUT2D eigenvalue weighted by molar-refractivity contribution is 0.100. The molecule has 5 nitrogen and oxygen atoms in total. The van der Waals surface area contributed by atoms with Gasteiger partial charge >= 0.3 is 0 Å². The Morgan fingerprint density at radius 2 is 2.11 bits per heavy atom. The Morgan fingerprint density at radius 1 is 1.19 bits per heavy atom. The van der Waals surface area contributed by atoms with Gasteiger partial charge in [-0.05, 0) is 43.4 Å². The maximum Gasteiger partial charge on any atom is 0.146 e. The van der Waals surface area contributed by atoms with E-state index in [4.69, 9.17) is 0 Å². The van der Waals surface area contributed by atoms with E-state index >= 15 is 0 Å². The molecule has 0 aliphatic carbocycles. The molecule has 6 heteroatoms. The first-order valence-corrected chi connectivity index (χ1v) is 9.23. The summed E-state index contributed by atoms with van der Waals surface area (Å²) in [6.45, 7) is 2.40. The summed E-state index contributed by atoms with van der Waals surface area (Å²) in [6.07, 6.45) is 6.23. The largest absolute Gasteiger partial charge is 0.353 e. The minimum Gasteiger partial charge on any atom is -0.353 e. The van der Waals surface area contributed by atoms with Crippen molar-refractivity contribution in [3.8, 4) is 17.9 Å². The molecule has 136 valence electrons. The van der Waals surface area contributed by atoms with E-state index in [-0.39, 0.29) is 6.04 Å². The van der Waals surface area contributed by atoms with Crippen LogP contribution in [0, 0.1) is 29.0 Å². The highest BCUT2D eigenvalue weighted by atomic mass is 19.1. The number of halogens is 1. The highest BCUT2D eigenvalue weighted by molar-refractivity contribution is 5.54. The van der Waals surface area contributed by atoms with Gasteiger partial charge in [-0.15, -0.1) is 0 Å². The fourth-order valence-electron chi connectivity index (χ4n) is 3.96. The molecule has 2 fully saturated rings. The van der Waals surface area contributed by atoms with Crippen LogP contribution >= 0.6 is 0 Å². The van der Waals surface area contributed by atoms with Gasteiger partial charge in [-0.3, -0.25) is 4.90 Å². The van der Waals surface area contributed by atoms with E-state index in [1.165, 1.54) is 12.3 Å². The predicted molar refractivity (Wildman–Crippen MR) is 100 cm³/mol. The molecule has 2 aliphatic heterocycles. The Kier molecular flexibility index (Phi) is 5.00. The van der Waals surface area contributed by atoms with Crippen LogP contribution in [0.25, 0.3) is 0 Å². The lowest BCUT2D eigenvalue weighted by Gasteiger charge is -2.47. The van der Waals surface area contributed by atoms with Crippen molar-refractivity contribution in [2.75, 3.05) is 24.5 Å². The fourth-order valence-corrected chi connectivity index (χ4v) is 3.96. The Bertz CT molecular complexity index is 912. The summed E-state index contributed by atoms with van der Waals surface area (Å²) in [5.41, 5.74) is 1.10. The fraction of sp³-hybridized carbons (Fsp3) is 0.381. The molecule has 0 amide bonds. The van der Waals surface area contributed by atoms with Crippen molar-refractivity contribution in [2.24, 2.45) is 0 Å². The molecule has 2 aromatic rings. The Balaban J connectivity index is 1.50. The minimum atomic E-state index is -0.475. The number of piperidine rings is 1. The molecule has 0 aromatic carbocycles. The van der Waals surface area contributed by atoms with Crippen LogP contribution in [-0.4, -0.2) is 46.6 Å². The normalized spacial score (nSPS) is 22.3. The van der Waals surface area contributed by atoms with E-state index in [1.54, 1.807) is 6.20 Å².